The summed E-state index contributed by atoms with van der Waals surface area (Å²) in [5, 5.41) is 2.66. The van der Waals surface area contributed by atoms with Gasteiger partial charge in [0.15, 0.2) is 0 Å². The van der Waals surface area contributed by atoms with Crippen LogP contribution in [-0.2, 0) is 5.41 Å². The first-order valence-corrected chi connectivity index (χ1v) is 17.2. The fraction of sp³-hybridized carbons (Fsp3) is 0.163. The first kappa shape index (κ1) is 25.6. The molecule has 10 rings (SSSR count). The number of nitrogens with zero attached hydrogens (tertiary/aromatic N) is 1. The van der Waals surface area contributed by atoms with Gasteiger partial charge in [-0.05, 0) is 89.8 Å². The van der Waals surface area contributed by atoms with Crippen molar-refractivity contribution in [1.29, 1.82) is 0 Å². The number of hydrogen-bond acceptors (Lipinski definition) is 2. The first-order valence-electron chi connectivity index (χ1n) is 16.4. The Balaban J connectivity index is 1.28. The number of rotatable bonds is 4. The summed E-state index contributed by atoms with van der Waals surface area (Å²) in [6.45, 7) is 0. The molecule has 2 fully saturated rings. The summed E-state index contributed by atoms with van der Waals surface area (Å²) in [7, 11) is 0. The number of anilines is 3. The number of benzene rings is 6. The Hall–Kier alpha value is -4.66. The van der Waals surface area contributed by atoms with Crippen molar-refractivity contribution < 1.29 is 0 Å². The summed E-state index contributed by atoms with van der Waals surface area (Å²) in [6, 6.07) is 52.3. The van der Waals surface area contributed by atoms with E-state index in [0.717, 1.165) is 11.8 Å². The van der Waals surface area contributed by atoms with E-state index in [9.17, 15) is 0 Å². The predicted molar refractivity (Wildman–Crippen MR) is 191 cm³/mol. The van der Waals surface area contributed by atoms with E-state index in [1.807, 2.05) is 11.3 Å². The van der Waals surface area contributed by atoms with Crippen molar-refractivity contribution in [3.8, 4) is 22.3 Å². The average molecular weight is 596 g/mol. The highest BCUT2D eigenvalue weighted by atomic mass is 32.1. The summed E-state index contributed by atoms with van der Waals surface area (Å²) in [5.74, 6) is 1.58. The molecule has 0 radical (unpaired) electrons. The first-order chi connectivity index (χ1) is 22.3. The summed E-state index contributed by atoms with van der Waals surface area (Å²) >= 11 is 1.89. The van der Waals surface area contributed by atoms with Crippen LogP contribution in [0.15, 0.2) is 140 Å². The lowest BCUT2D eigenvalue weighted by molar-refractivity contribution is 0.327. The standard InChI is InChI=1S/C43H33NS/c1-2-11-29(12-3-1)32-13-5-8-18-38(32)44(31-23-24-41-35(26-31)33-14-6-9-20-40(33)45-41)39-19-10-17-37-42(39)34-15-4-7-16-36(34)43(37)27-28-21-22-30(43)25-28/h1-20,23-24,26,28,30H,21-22,25,27H2. The smallest absolute Gasteiger partial charge is 0.0543 e. The lowest BCUT2D eigenvalue weighted by atomic mass is 9.67. The Morgan fingerprint density at radius 2 is 1.31 bits per heavy atom. The van der Waals surface area contributed by atoms with Crippen LogP contribution in [0.3, 0.4) is 0 Å². The van der Waals surface area contributed by atoms with E-state index in [-0.39, 0.29) is 5.41 Å². The van der Waals surface area contributed by atoms with Gasteiger partial charge in [-0.3, -0.25) is 0 Å². The zero-order valence-electron chi connectivity index (χ0n) is 25.1. The Morgan fingerprint density at radius 3 is 2.18 bits per heavy atom. The van der Waals surface area contributed by atoms with Crippen LogP contribution < -0.4 is 4.90 Å². The molecular weight excluding hydrogens is 563 g/mol. The molecule has 0 saturated heterocycles. The fourth-order valence-electron chi connectivity index (χ4n) is 9.40. The Labute approximate surface area is 268 Å². The molecule has 0 amide bonds. The van der Waals surface area contributed by atoms with Gasteiger partial charge < -0.3 is 4.90 Å². The average Bonchev–Trinajstić information content (AvgIpc) is 3.87. The van der Waals surface area contributed by atoms with Crippen LogP contribution >= 0.6 is 11.3 Å². The maximum atomic E-state index is 2.57. The maximum absolute atomic E-state index is 2.57. The molecule has 216 valence electrons. The highest BCUT2D eigenvalue weighted by Gasteiger charge is 2.57. The second-order valence-corrected chi connectivity index (χ2v) is 14.4. The zero-order valence-corrected chi connectivity index (χ0v) is 25.9. The molecular formula is C43H33NS. The Morgan fingerprint density at radius 1 is 0.578 bits per heavy atom. The van der Waals surface area contributed by atoms with Crippen molar-refractivity contribution in [2.45, 2.75) is 31.1 Å². The van der Waals surface area contributed by atoms with Crippen LogP contribution in [0.2, 0.25) is 0 Å². The minimum absolute atomic E-state index is 0.142. The van der Waals surface area contributed by atoms with E-state index in [0.29, 0.717) is 0 Å². The van der Waals surface area contributed by atoms with Crippen molar-refractivity contribution >= 4 is 48.6 Å². The second kappa shape index (κ2) is 9.67. The van der Waals surface area contributed by atoms with Crippen LogP contribution in [0.5, 0.6) is 0 Å². The minimum atomic E-state index is 0.142. The molecule has 0 aliphatic heterocycles. The fourth-order valence-corrected chi connectivity index (χ4v) is 10.5. The molecule has 6 aromatic carbocycles. The summed E-state index contributed by atoms with van der Waals surface area (Å²) in [5.41, 5.74) is 12.3. The highest BCUT2D eigenvalue weighted by molar-refractivity contribution is 7.25. The SMILES string of the molecule is c1ccc(-c2ccccc2N(c2ccc3sc4ccccc4c3c2)c2cccc3c2-c2ccccc2C32CC3CCC2C3)cc1. The van der Waals surface area contributed by atoms with E-state index in [2.05, 4.69) is 144 Å². The van der Waals surface area contributed by atoms with Gasteiger partial charge in [0, 0.05) is 42.4 Å². The van der Waals surface area contributed by atoms with Crippen LogP contribution in [-0.4, -0.2) is 0 Å². The van der Waals surface area contributed by atoms with E-state index < -0.39 is 0 Å². The van der Waals surface area contributed by atoms with Gasteiger partial charge in [-0.1, -0.05) is 110 Å². The molecule has 1 aromatic heterocycles. The van der Waals surface area contributed by atoms with E-state index in [1.54, 1.807) is 11.1 Å². The van der Waals surface area contributed by atoms with E-state index in [1.165, 1.54) is 85.2 Å². The van der Waals surface area contributed by atoms with Gasteiger partial charge in [0.25, 0.3) is 0 Å². The molecule has 3 aliphatic carbocycles. The molecule has 2 heteroatoms. The van der Waals surface area contributed by atoms with Gasteiger partial charge >= 0.3 is 0 Å². The Bertz CT molecular complexity index is 2260. The monoisotopic (exact) mass is 595 g/mol. The molecule has 2 bridgehead atoms. The van der Waals surface area contributed by atoms with Crippen LogP contribution in [0.4, 0.5) is 17.1 Å². The number of para-hydroxylation sites is 1. The largest absolute Gasteiger partial charge is 0.309 e. The molecule has 0 N–H and O–H groups in total. The molecule has 2 saturated carbocycles. The van der Waals surface area contributed by atoms with E-state index in [4.69, 9.17) is 0 Å². The number of thiophene rings is 1. The third-order valence-corrected chi connectivity index (χ3v) is 12.3. The summed E-state index contributed by atoms with van der Waals surface area (Å²) in [6.07, 6.45) is 5.42. The van der Waals surface area contributed by atoms with Crippen LogP contribution in [0, 0.1) is 11.8 Å². The molecule has 7 aromatic rings. The second-order valence-electron chi connectivity index (χ2n) is 13.3. The number of fused-ring (bicyclic) bond motifs is 11. The number of hydrogen-bond donors (Lipinski definition) is 0. The quantitative estimate of drug-likeness (QED) is 0.196. The predicted octanol–water partition coefficient (Wildman–Crippen LogP) is 12.3. The molecule has 45 heavy (non-hydrogen) atoms. The summed E-state index contributed by atoms with van der Waals surface area (Å²) < 4.78 is 2.68. The van der Waals surface area contributed by atoms with Crippen molar-refractivity contribution in [2.75, 3.05) is 4.90 Å². The molecule has 1 heterocycles. The van der Waals surface area contributed by atoms with Gasteiger partial charge in [0.05, 0.1) is 11.4 Å². The third-order valence-electron chi connectivity index (χ3n) is 11.1. The maximum Gasteiger partial charge on any atom is 0.0543 e. The normalized spacial score (nSPS) is 21.1. The van der Waals surface area contributed by atoms with E-state index >= 15 is 0 Å². The van der Waals surface area contributed by atoms with Gasteiger partial charge in [-0.2, -0.15) is 0 Å². The topological polar surface area (TPSA) is 3.24 Å². The van der Waals surface area contributed by atoms with Crippen molar-refractivity contribution in [3.63, 3.8) is 0 Å². The minimum Gasteiger partial charge on any atom is -0.309 e. The van der Waals surface area contributed by atoms with Gasteiger partial charge in [0.2, 0.25) is 0 Å². The lowest BCUT2D eigenvalue weighted by Crippen LogP contribution is -2.31. The molecule has 3 atom stereocenters. The summed E-state index contributed by atoms with van der Waals surface area (Å²) in [4.78, 5) is 2.57. The highest BCUT2D eigenvalue weighted by Crippen LogP contribution is 2.67. The molecule has 3 unspecified atom stereocenters. The van der Waals surface area contributed by atoms with Crippen LogP contribution in [0.1, 0.15) is 36.8 Å². The molecule has 1 spiro atoms. The van der Waals surface area contributed by atoms with Crippen molar-refractivity contribution in [2.24, 2.45) is 11.8 Å². The molecule has 3 aliphatic rings. The third kappa shape index (κ3) is 3.61. The Kier molecular flexibility index (Phi) is 5.51. The van der Waals surface area contributed by atoms with Gasteiger partial charge in [-0.15, -0.1) is 11.3 Å². The van der Waals surface area contributed by atoms with Crippen LogP contribution in [0.25, 0.3) is 42.4 Å². The lowest BCUT2D eigenvalue weighted by Gasteiger charge is -2.37. The zero-order chi connectivity index (χ0) is 29.5. The molecule has 1 nitrogen and oxygen atoms in total. The van der Waals surface area contributed by atoms with Gasteiger partial charge in [0.1, 0.15) is 0 Å². The van der Waals surface area contributed by atoms with Gasteiger partial charge in [-0.25, -0.2) is 0 Å². The van der Waals surface area contributed by atoms with Crippen molar-refractivity contribution in [3.05, 3.63) is 151 Å². The van der Waals surface area contributed by atoms with Crippen molar-refractivity contribution in [1.82, 2.24) is 0 Å².